The van der Waals surface area contributed by atoms with Crippen LogP contribution in [0, 0.1) is 0 Å². The van der Waals surface area contributed by atoms with Crippen LogP contribution in [0.25, 0.3) is 0 Å². The maximum atomic E-state index is 11.5. The Morgan fingerprint density at radius 2 is 2.22 bits per heavy atom. The number of anilines is 1. The number of nitrogens with one attached hydrogen (secondary N) is 1. The summed E-state index contributed by atoms with van der Waals surface area (Å²) in [6, 6.07) is 3.02. The average molecular weight is 249 g/mol. The van der Waals surface area contributed by atoms with Crippen LogP contribution in [0.2, 0.25) is 0 Å². The molecule has 1 saturated heterocycles. The molecule has 0 bridgehead atoms. The molecule has 1 aromatic heterocycles. The number of carbonyl (C=O) groups is 2. The van der Waals surface area contributed by atoms with Crippen LogP contribution in [-0.4, -0.2) is 34.5 Å². The van der Waals surface area contributed by atoms with Crippen LogP contribution in [0.4, 0.5) is 5.69 Å². The van der Waals surface area contributed by atoms with Crippen molar-refractivity contribution in [1.82, 2.24) is 10.3 Å². The van der Waals surface area contributed by atoms with Gasteiger partial charge in [-0.2, -0.15) is 0 Å². The van der Waals surface area contributed by atoms with Crippen LogP contribution in [-0.2, 0) is 9.59 Å². The number of amides is 2. The Morgan fingerprint density at radius 1 is 1.50 bits per heavy atom. The molecule has 0 aromatic carbocycles. The molecule has 0 spiro atoms. The minimum absolute atomic E-state index is 0.128. The molecule has 0 saturated carbocycles. The van der Waals surface area contributed by atoms with Gasteiger partial charge in [-0.1, -0.05) is 0 Å². The van der Waals surface area contributed by atoms with Crippen LogP contribution >= 0.6 is 0 Å². The van der Waals surface area contributed by atoms with Crippen LogP contribution in [0.15, 0.2) is 18.3 Å². The number of aromatic nitrogens is 1. The number of hydrogen-bond acceptors (Lipinski definition) is 5. The fourth-order valence-electron chi connectivity index (χ4n) is 1.84. The molecule has 18 heavy (non-hydrogen) atoms. The fraction of sp³-hybridized carbons (Fsp3) is 0.417. The van der Waals surface area contributed by atoms with Crippen molar-refractivity contribution in [3.05, 3.63) is 24.0 Å². The van der Waals surface area contributed by atoms with E-state index in [0.29, 0.717) is 11.4 Å². The Hall–Kier alpha value is -1.95. The number of rotatable bonds is 2. The molecule has 2 amide bonds. The summed E-state index contributed by atoms with van der Waals surface area (Å²) in [7, 11) is 0. The first kappa shape index (κ1) is 12.5. The zero-order valence-electron chi connectivity index (χ0n) is 10.3. The van der Waals surface area contributed by atoms with Crippen molar-refractivity contribution in [2.24, 2.45) is 0 Å². The van der Waals surface area contributed by atoms with Crippen molar-refractivity contribution in [2.75, 3.05) is 11.4 Å². The van der Waals surface area contributed by atoms with E-state index < -0.39 is 12.1 Å². The minimum Gasteiger partial charge on any atom is -0.387 e. The first-order valence-corrected chi connectivity index (χ1v) is 5.73. The van der Waals surface area contributed by atoms with Crippen molar-refractivity contribution in [1.29, 1.82) is 0 Å². The summed E-state index contributed by atoms with van der Waals surface area (Å²) in [6.45, 7) is 3.48. The summed E-state index contributed by atoms with van der Waals surface area (Å²) in [5.41, 5.74) is 1.24. The van der Waals surface area contributed by atoms with Crippen molar-refractivity contribution < 1.29 is 14.7 Å². The molecule has 2 heterocycles. The predicted molar refractivity (Wildman–Crippen MR) is 64.8 cm³/mol. The van der Waals surface area contributed by atoms with Gasteiger partial charge in [0.15, 0.2) is 0 Å². The number of aliphatic hydroxyl groups is 1. The van der Waals surface area contributed by atoms with Crippen LogP contribution in [0.5, 0.6) is 0 Å². The van der Waals surface area contributed by atoms with Gasteiger partial charge in [-0.05, 0) is 26.0 Å². The molecule has 0 radical (unpaired) electrons. The molecule has 2 atom stereocenters. The van der Waals surface area contributed by atoms with E-state index in [4.69, 9.17) is 0 Å². The fourth-order valence-corrected chi connectivity index (χ4v) is 1.84. The highest BCUT2D eigenvalue weighted by Crippen LogP contribution is 2.19. The highest BCUT2D eigenvalue weighted by Gasteiger charge is 2.30. The van der Waals surface area contributed by atoms with Crippen molar-refractivity contribution in [2.45, 2.75) is 26.0 Å². The maximum absolute atomic E-state index is 11.5. The predicted octanol–water partition coefficient (Wildman–Crippen LogP) is -0.0138. The second-order valence-corrected chi connectivity index (χ2v) is 4.33. The first-order valence-electron chi connectivity index (χ1n) is 5.73. The average Bonchev–Trinajstić information content (AvgIpc) is 2.34. The van der Waals surface area contributed by atoms with E-state index in [1.165, 1.54) is 0 Å². The molecule has 1 aliphatic rings. The minimum atomic E-state index is -0.636. The SMILES string of the molecule is CC1C(=O)NC(=O)CN1c1ccc([C@H](C)O)nc1. The Morgan fingerprint density at radius 3 is 2.78 bits per heavy atom. The van der Waals surface area contributed by atoms with Gasteiger partial charge in [0.05, 0.1) is 30.2 Å². The molecule has 6 nitrogen and oxygen atoms in total. The van der Waals surface area contributed by atoms with Gasteiger partial charge in [0.1, 0.15) is 6.04 Å². The van der Waals surface area contributed by atoms with E-state index >= 15 is 0 Å². The van der Waals surface area contributed by atoms with Crippen LogP contribution in [0.1, 0.15) is 25.6 Å². The van der Waals surface area contributed by atoms with Gasteiger partial charge >= 0.3 is 0 Å². The highest BCUT2D eigenvalue weighted by molar-refractivity contribution is 6.04. The molecule has 1 aromatic rings. The standard InChI is InChI=1S/C12H15N3O3/c1-7-12(18)14-11(17)6-15(7)9-3-4-10(8(2)16)13-5-9/h3-5,7-8,16H,6H2,1-2H3,(H,14,17,18)/t7?,8-/m0/s1. The van der Waals surface area contributed by atoms with E-state index in [1.54, 1.807) is 37.1 Å². The summed E-state index contributed by atoms with van der Waals surface area (Å²) in [6.07, 6.45) is 0.924. The number of piperazine rings is 1. The summed E-state index contributed by atoms with van der Waals surface area (Å²) < 4.78 is 0. The number of nitrogens with zero attached hydrogens (tertiary/aromatic N) is 2. The number of carbonyl (C=O) groups excluding carboxylic acids is 2. The zero-order chi connectivity index (χ0) is 13.3. The lowest BCUT2D eigenvalue weighted by atomic mass is 10.1. The smallest absolute Gasteiger partial charge is 0.249 e. The molecular weight excluding hydrogens is 234 g/mol. The summed E-state index contributed by atoms with van der Waals surface area (Å²) in [5.74, 6) is -0.636. The number of imide groups is 1. The van der Waals surface area contributed by atoms with Crippen LogP contribution in [0.3, 0.4) is 0 Å². The zero-order valence-corrected chi connectivity index (χ0v) is 10.3. The summed E-state index contributed by atoms with van der Waals surface area (Å²) >= 11 is 0. The molecular formula is C12H15N3O3. The van der Waals surface area contributed by atoms with E-state index in [-0.39, 0.29) is 18.4 Å². The quantitative estimate of drug-likeness (QED) is 0.720. The highest BCUT2D eigenvalue weighted by atomic mass is 16.3. The van der Waals surface area contributed by atoms with Gasteiger partial charge in [-0.3, -0.25) is 19.9 Å². The second kappa shape index (κ2) is 4.73. The lowest BCUT2D eigenvalue weighted by Gasteiger charge is -2.33. The monoisotopic (exact) mass is 249 g/mol. The van der Waals surface area contributed by atoms with Gasteiger partial charge in [0.25, 0.3) is 0 Å². The van der Waals surface area contributed by atoms with Gasteiger partial charge in [-0.15, -0.1) is 0 Å². The van der Waals surface area contributed by atoms with Crippen molar-refractivity contribution >= 4 is 17.5 Å². The largest absolute Gasteiger partial charge is 0.387 e. The number of hydrogen-bond donors (Lipinski definition) is 2. The Balaban J connectivity index is 2.24. The molecule has 2 N–H and O–H groups in total. The van der Waals surface area contributed by atoms with Gasteiger partial charge in [0.2, 0.25) is 11.8 Å². The lowest BCUT2D eigenvalue weighted by molar-refractivity contribution is -0.132. The normalized spacial score (nSPS) is 21.7. The van der Waals surface area contributed by atoms with Gasteiger partial charge in [0, 0.05) is 0 Å². The third-order valence-electron chi connectivity index (χ3n) is 2.95. The molecule has 96 valence electrons. The Labute approximate surface area is 105 Å². The molecule has 2 rings (SSSR count). The molecule has 1 aliphatic heterocycles. The number of aliphatic hydroxyl groups excluding tert-OH is 1. The summed E-state index contributed by atoms with van der Waals surface area (Å²) in [4.78, 5) is 28.7. The summed E-state index contributed by atoms with van der Waals surface area (Å²) in [5, 5.41) is 11.6. The molecule has 6 heteroatoms. The number of pyridine rings is 1. The van der Waals surface area contributed by atoms with E-state index in [2.05, 4.69) is 10.3 Å². The lowest BCUT2D eigenvalue weighted by Crippen LogP contribution is -2.57. The molecule has 1 unspecified atom stereocenters. The topological polar surface area (TPSA) is 82.5 Å². The Bertz CT molecular complexity index is 470. The maximum Gasteiger partial charge on any atom is 0.249 e. The Kier molecular flexibility index (Phi) is 3.29. The van der Waals surface area contributed by atoms with E-state index in [1.807, 2.05) is 0 Å². The van der Waals surface area contributed by atoms with E-state index in [9.17, 15) is 14.7 Å². The van der Waals surface area contributed by atoms with Crippen LogP contribution < -0.4 is 10.2 Å². The third kappa shape index (κ3) is 2.33. The van der Waals surface area contributed by atoms with Gasteiger partial charge in [-0.25, -0.2) is 0 Å². The van der Waals surface area contributed by atoms with E-state index in [0.717, 1.165) is 0 Å². The second-order valence-electron chi connectivity index (χ2n) is 4.33. The molecule has 0 aliphatic carbocycles. The first-order chi connectivity index (χ1) is 8.49. The molecule has 1 fully saturated rings. The third-order valence-corrected chi connectivity index (χ3v) is 2.95. The van der Waals surface area contributed by atoms with Crippen molar-refractivity contribution in [3.63, 3.8) is 0 Å². The van der Waals surface area contributed by atoms with Crippen molar-refractivity contribution in [3.8, 4) is 0 Å². The van der Waals surface area contributed by atoms with Gasteiger partial charge < -0.3 is 10.0 Å².